The van der Waals surface area contributed by atoms with Crippen LogP contribution in [0.4, 0.5) is 5.69 Å². The molecule has 6 nitrogen and oxygen atoms in total. The highest BCUT2D eigenvalue weighted by molar-refractivity contribution is 5.98. The number of rotatable bonds is 7. The smallest absolute Gasteiger partial charge is 0.254 e. The summed E-state index contributed by atoms with van der Waals surface area (Å²) in [6.07, 6.45) is -0.702. The van der Waals surface area contributed by atoms with Crippen molar-refractivity contribution in [2.75, 3.05) is 32.1 Å². The topological polar surface area (TPSA) is 84.7 Å². The number of anilines is 1. The molecule has 1 rings (SSSR count). The first-order chi connectivity index (χ1) is 10.1. The Morgan fingerprint density at radius 1 is 1.32 bits per heavy atom. The predicted octanol–water partition coefficient (Wildman–Crippen LogP) is 1.50. The van der Waals surface area contributed by atoms with Crippen LogP contribution in [0, 0.1) is 0 Å². The number of halogens is 1. The minimum atomic E-state index is -0.702. The fraction of sp³-hybridized carbons (Fsp3) is 0.467. The zero-order chi connectivity index (χ0) is 15.8. The van der Waals surface area contributed by atoms with Gasteiger partial charge < -0.3 is 20.7 Å². The van der Waals surface area contributed by atoms with Gasteiger partial charge in [-0.2, -0.15) is 0 Å². The van der Waals surface area contributed by atoms with E-state index in [0.29, 0.717) is 24.3 Å². The molecule has 0 radical (unpaired) electrons. The standard InChI is InChI=1S/C15H23N3O3.ClH/c1-4-18(5-2)15(20)11-7-6-8-12(9-11)17-14(19)13(10-16)21-3;/h6-9,13H,4-5,10,16H2,1-3H3,(H,17,19);1H. The van der Waals surface area contributed by atoms with E-state index in [2.05, 4.69) is 5.32 Å². The first-order valence-corrected chi connectivity index (χ1v) is 7.00. The number of nitrogens with one attached hydrogen (secondary N) is 1. The van der Waals surface area contributed by atoms with Gasteiger partial charge in [0.25, 0.3) is 11.8 Å². The van der Waals surface area contributed by atoms with Gasteiger partial charge in [-0.25, -0.2) is 0 Å². The molecule has 0 heterocycles. The molecule has 2 amide bonds. The Balaban J connectivity index is 0.00000441. The third-order valence-corrected chi connectivity index (χ3v) is 3.22. The number of amides is 2. The number of hydrogen-bond acceptors (Lipinski definition) is 4. The summed E-state index contributed by atoms with van der Waals surface area (Å²) in [7, 11) is 1.43. The summed E-state index contributed by atoms with van der Waals surface area (Å²) in [5, 5.41) is 2.70. The van der Waals surface area contributed by atoms with Gasteiger partial charge in [0.2, 0.25) is 0 Å². The molecule has 0 fully saturated rings. The van der Waals surface area contributed by atoms with E-state index < -0.39 is 6.10 Å². The Hall–Kier alpha value is -1.63. The summed E-state index contributed by atoms with van der Waals surface area (Å²) < 4.78 is 4.97. The molecule has 1 unspecified atom stereocenters. The van der Waals surface area contributed by atoms with Crippen LogP contribution in [0.2, 0.25) is 0 Å². The number of nitrogens with zero attached hydrogens (tertiary/aromatic N) is 1. The van der Waals surface area contributed by atoms with Crippen LogP contribution in [0.3, 0.4) is 0 Å². The van der Waals surface area contributed by atoms with Gasteiger partial charge in [0, 0.05) is 38.0 Å². The highest BCUT2D eigenvalue weighted by atomic mass is 35.5. The van der Waals surface area contributed by atoms with Gasteiger partial charge in [0.15, 0.2) is 0 Å². The average Bonchev–Trinajstić information content (AvgIpc) is 2.49. The van der Waals surface area contributed by atoms with Crippen LogP contribution >= 0.6 is 12.4 Å². The van der Waals surface area contributed by atoms with Gasteiger partial charge in [-0.3, -0.25) is 9.59 Å². The van der Waals surface area contributed by atoms with E-state index in [0.717, 1.165) is 0 Å². The van der Waals surface area contributed by atoms with Crippen LogP contribution in [0.5, 0.6) is 0 Å². The first-order valence-electron chi connectivity index (χ1n) is 7.00. The number of carbonyl (C=O) groups is 2. The van der Waals surface area contributed by atoms with E-state index >= 15 is 0 Å². The molecule has 1 aromatic carbocycles. The minimum Gasteiger partial charge on any atom is -0.370 e. The number of carbonyl (C=O) groups excluding carboxylic acids is 2. The van der Waals surface area contributed by atoms with Crippen LogP contribution in [0.15, 0.2) is 24.3 Å². The van der Waals surface area contributed by atoms with E-state index in [1.165, 1.54) is 7.11 Å². The van der Waals surface area contributed by atoms with Crippen molar-refractivity contribution >= 4 is 29.9 Å². The largest absolute Gasteiger partial charge is 0.370 e. The summed E-state index contributed by atoms with van der Waals surface area (Å²) in [5.74, 6) is -0.384. The molecule has 0 saturated carbocycles. The SMILES string of the molecule is CCN(CC)C(=O)c1cccc(NC(=O)C(CN)OC)c1.Cl. The van der Waals surface area contributed by atoms with E-state index in [4.69, 9.17) is 10.5 Å². The second kappa shape index (κ2) is 10.2. The molecular weight excluding hydrogens is 306 g/mol. The van der Waals surface area contributed by atoms with Gasteiger partial charge in [-0.05, 0) is 32.0 Å². The van der Waals surface area contributed by atoms with Crippen LogP contribution in [-0.4, -0.2) is 49.6 Å². The van der Waals surface area contributed by atoms with E-state index in [9.17, 15) is 9.59 Å². The lowest BCUT2D eigenvalue weighted by Gasteiger charge is -2.19. The van der Waals surface area contributed by atoms with Crippen molar-refractivity contribution in [3.05, 3.63) is 29.8 Å². The van der Waals surface area contributed by atoms with Crippen molar-refractivity contribution in [3.63, 3.8) is 0 Å². The first kappa shape index (κ1) is 20.4. The maximum atomic E-state index is 12.3. The monoisotopic (exact) mass is 329 g/mol. The summed E-state index contributed by atoms with van der Waals surface area (Å²) >= 11 is 0. The molecule has 0 aliphatic heterocycles. The maximum absolute atomic E-state index is 12.3. The summed E-state index contributed by atoms with van der Waals surface area (Å²) in [5.41, 5.74) is 6.53. The van der Waals surface area contributed by atoms with Gasteiger partial charge in [-0.15, -0.1) is 12.4 Å². The average molecular weight is 330 g/mol. The number of methoxy groups -OCH3 is 1. The maximum Gasteiger partial charge on any atom is 0.254 e. The molecule has 0 aromatic heterocycles. The van der Waals surface area contributed by atoms with Crippen molar-refractivity contribution in [1.82, 2.24) is 4.90 Å². The minimum absolute atomic E-state index is 0. The van der Waals surface area contributed by atoms with Crippen molar-refractivity contribution in [2.24, 2.45) is 5.73 Å². The van der Waals surface area contributed by atoms with Gasteiger partial charge in [0.1, 0.15) is 6.10 Å². The van der Waals surface area contributed by atoms with Crippen molar-refractivity contribution in [3.8, 4) is 0 Å². The van der Waals surface area contributed by atoms with E-state index in [1.54, 1.807) is 29.2 Å². The van der Waals surface area contributed by atoms with E-state index in [1.807, 2.05) is 13.8 Å². The quantitative estimate of drug-likeness (QED) is 0.794. The zero-order valence-corrected chi connectivity index (χ0v) is 14.0. The Morgan fingerprint density at radius 2 is 1.95 bits per heavy atom. The normalized spacial score (nSPS) is 11.3. The highest BCUT2D eigenvalue weighted by Gasteiger charge is 2.17. The van der Waals surface area contributed by atoms with E-state index in [-0.39, 0.29) is 30.8 Å². The third-order valence-electron chi connectivity index (χ3n) is 3.22. The fourth-order valence-electron chi connectivity index (χ4n) is 1.96. The molecule has 0 saturated heterocycles. The van der Waals surface area contributed by atoms with Crippen molar-refractivity contribution in [2.45, 2.75) is 20.0 Å². The number of hydrogen-bond donors (Lipinski definition) is 2. The van der Waals surface area contributed by atoms with Crippen LogP contribution in [0.25, 0.3) is 0 Å². The van der Waals surface area contributed by atoms with Gasteiger partial charge >= 0.3 is 0 Å². The Morgan fingerprint density at radius 3 is 2.45 bits per heavy atom. The molecule has 1 aromatic rings. The van der Waals surface area contributed by atoms with Gasteiger partial charge in [-0.1, -0.05) is 6.07 Å². The summed E-state index contributed by atoms with van der Waals surface area (Å²) in [6.45, 7) is 5.24. The third kappa shape index (κ3) is 5.29. The molecule has 7 heteroatoms. The second-order valence-corrected chi connectivity index (χ2v) is 4.51. The molecule has 0 bridgehead atoms. The number of benzene rings is 1. The van der Waals surface area contributed by atoms with Crippen molar-refractivity contribution in [1.29, 1.82) is 0 Å². The lowest BCUT2D eigenvalue weighted by molar-refractivity contribution is -0.125. The number of nitrogens with two attached hydrogens (primary N) is 1. The molecule has 22 heavy (non-hydrogen) atoms. The molecule has 3 N–H and O–H groups in total. The molecule has 124 valence electrons. The van der Waals surface area contributed by atoms with Crippen LogP contribution in [-0.2, 0) is 9.53 Å². The molecule has 0 aliphatic rings. The Bertz CT molecular complexity index is 489. The summed E-state index contributed by atoms with van der Waals surface area (Å²) in [4.78, 5) is 25.9. The summed E-state index contributed by atoms with van der Waals surface area (Å²) in [6, 6.07) is 6.84. The van der Waals surface area contributed by atoms with Crippen molar-refractivity contribution < 1.29 is 14.3 Å². The predicted molar refractivity (Wildman–Crippen MR) is 89.4 cm³/mol. The fourth-order valence-corrected chi connectivity index (χ4v) is 1.96. The molecular formula is C15H24ClN3O3. The van der Waals surface area contributed by atoms with Crippen LogP contribution < -0.4 is 11.1 Å². The zero-order valence-electron chi connectivity index (χ0n) is 13.2. The Labute approximate surface area is 137 Å². The van der Waals surface area contributed by atoms with Crippen LogP contribution in [0.1, 0.15) is 24.2 Å². The molecule has 0 aliphatic carbocycles. The lowest BCUT2D eigenvalue weighted by atomic mass is 10.1. The highest BCUT2D eigenvalue weighted by Crippen LogP contribution is 2.13. The molecule has 1 atom stereocenters. The second-order valence-electron chi connectivity index (χ2n) is 4.51. The lowest BCUT2D eigenvalue weighted by Crippen LogP contribution is -2.36. The Kier molecular flexibility index (Phi) is 9.40. The molecule has 0 spiro atoms. The number of ether oxygens (including phenoxy) is 1. The van der Waals surface area contributed by atoms with Gasteiger partial charge in [0.05, 0.1) is 0 Å².